The van der Waals surface area contributed by atoms with E-state index in [1.807, 2.05) is 11.8 Å². The third-order valence-corrected chi connectivity index (χ3v) is 5.42. The third-order valence-electron chi connectivity index (χ3n) is 5.42. The number of hydrogen-bond donors (Lipinski definition) is 1. The Morgan fingerprint density at radius 1 is 1.14 bits per heavy atom. The average molecular weight is 398 g/mol. The Morgan fingerprint density at radius 2 is 1.83 bits per heavy atom. The van der Waals surface area contributed by atoms with E-state index in [4.69, 9.17) is 0 Å². The lowest BCUT2D eigenvalue weighted by molar-refractivity contribution is -0.116. The van der Waals surface area contributed by atoms with Gasteiger partial charge in [0.2, 0.25) is 5.91 Å². The van der Waals surface area contributed by atoms with Crippen LogP contribution in [0.1, 0.15) is 41.3 Å². The number of carbonyl (C=O) groups is 2. The van der Waals surface area contributed by atoms with Crippen LogP contribution in [0.2, 0.25) is 0 Å². The van der Waals surface area contributed by atoms with E-state index in [2.05, 4.69) is 11.9 Å². The number of nitrogens with one attached hydrogen (secondary N) is 1. The van der Waals surface area contributed by atoms with Crippen molar-refractivity contribution in [3.8, 4) is 0 Å². The summed E-state index contributed by atoms with van der Waals surface area (Å²) in [5.74, 6) is -2.09. The molecule has 2 aromatic rings. The van der Waals surface area contributed by atoms with Crippen molar-refractivity contribution < 1.29 is 18.4 Å². The van der Waals surface area contributed by atoms with Gasteiger partial charge in [0.25, 0.3) is 5.91 Å². The van der Waals surface area contributed by atoms with Crippen LogP contribution in [0.25, 0.3) is 0 Å². The Morgan fingerprint density at radius 3 is 2.48 bits per heavy atom. The van der Waals surface area contributed by atoms with Gasteiger partial charge in [-0.15, -0.1) is 0 Å². The number of likely N-dealkylation sites (tertiary alicyclic amines) is 1. The van der Waals surface area contributed by atoms with Gasteiger partial charge in [-0.1, -0.05) is 24.8 Å². The summed E-state index contributed by atoms with van der Waals surface area (Å²) in [6.07, 6.45) is 3.32. The standard InChI is InChI=1S/C23H24F2N2O2/c1-3-21(28)26-15-16-5-8-18(9-6-16)22(29)27-12-4-11-23(27,2)14-17-7-10-19(24)20(25)13-17/h3,5-10,13H,1,4,11-12,14-15H2,2H3,(H,26,28). The summed E-state index contributed by atoms with van der Waals surface area (Å²) >= 11 is 0. The lowest BCUT2D eigenvalue weighted by Gasteiger charge is -2.36. The zero-order chi connectivity index (χ0) is 21.0. The van der Waals surface area contributed by atoms with Crippen molar-refractivity contribution in [2.45, 2.75) is 38.3 Å². The van der Waals surface area contributed by atoms with Crippen molar-refractivity contribution in [2.24, 2.45) is 0 Å². The molecule has 0 radical (unpaired) electrons. The highest BCUT2D eigenvalue weighted by Gasteiger charge is 2.40. The third kappa shape index (κ3) is 4.70. The molecule has 1 saturated heterocycles. The van der Waals surface area contributed by atoms with Gasteiger partial charge >= 0.3 is 0 Å². The minimum absolute atomic E-state index is 0.0886. The summed E-state index contributed by atoms with van der Waals surface area (Å²) in [6.45, 7) is 6.37. The fourth-order valence-electron chi connectivity index (χ4n) is 3.83. The summed E-state index contributed by atoms with van der Waals surface area (Å²) in [4.78, 5) is 26.2. The van der Waals surface area contributed by atoms with Crippen LogP contribution in [0, 0.1) is 11.6 Å². The van der Waals surface area contributed by atoms with Crippen LogP contribution in [-0.4, -0.2) is 28.8 Å². The van der Waals surface area contributed by atoms with Crippen molar-refractivity contribution in [1.29, 1.82) is 0 Å². The maximum absolute atomic E-state index is 13.6. The summed E-state index contributed by atoms with van der Waals surface area (Å²) in [7, 11) is 0. The minimum Gasteiger partial charge on any atom is -0.348 e. The van der Waals surface area contributed by atoms with Crippen LogP contribution >= 0.6 is 0 Å². The molecule has 152 valence electrons. The highest BCUT2D eigenvalue weighted by atomic mass is 19.2. The number of amides is 2. The van der Waals surface area contributed by atoms with E-state index in [1.165, 1.54) is 12.1 Å². The topological polar surface area (TPSA) is 49.4 Å². The summed E-state index contributed by atoms with van der Waals surface area (Å²) in [6, 6.07) is 11.0. The zero-order valence-electron chi connectivity index (χ0n) is 16.4. The predicted molar refractivity (Wildman–Crippen MR) is 107 cm³/mol. The van der Waals surface area contributed by atoms with Crippen molar-refractivity contribution in [3.63, 3.8) is 0 Å². The number of nitrogens with zero attached hydrogens (tertiary/aromatic N) is 1. The minimum atomic E-state index is -0.874. The second kappa shape index (κ2) is 8.55. The fourth-order valence-corrected chi connectivity index (χ4v) is 3.83. The molecule has 1 N–H and O–H groups in total. The molecule has 6 heteroatoms. The maximum atomic E-state index is 13.6. The maximum Gasteiger partial charge on any atom is 0.254 e. The van der Waals surface area contributed by atoms with E-state index < -0.39 is 17.2 Å². The van der Waals surface area contributed by atoms with Gasteiger partial charge in [0, 0.05) is 24.2 Å². The summed E-state index contributed by atoms with van der Waals surface area (Å²) in [5.41, 5.74) is 1.64. The highest BCUT2D eigenvalue weighted by molar-refractivity contribution is 5.95. The van der Waals surface area contributed by atoms with E-state index in [1.54, 1.807) is 30.3 Å². The van der Waals surface area contributed by atoms with Crippen LogP contribution < -0.4 is 5.32 Å². The molecule has 1 fully saturated rings. The first-order valence-corrected chi connectivity index (χ1v) is 9.57. The second-order valence-electron chi connectivity index (χ2n) is 7.60. The van der Waals surface area contributed by atoms with Crippen molar-refractivity contribution >= 4 is 11.8 Å². The molecule has 2 aromatic carbocycles. The number of rotatable bonds is 6. The van der Waals surface area contributed by atoms with Gasteiger partial charge in [-0.3, -0.25) is 9.59 Å². The second-order valence-corrected chi connectivity index (χ2v) is 7.60. The van der Waals surface area contributed by atoms with Gasteiger partial charge < -0.3 is 10.2 Å². The number of halogens is 2. The van der Waals surface area contributed by atoms with Crippen molar-refractivity contribution in [2.75, 3.05) is 6.54 Å². The quantitative estimate of drug-likeness (QED) is 0.748. The van der Waals surface area contributed by atoms with E-state index in [0.29, 0.717) is 30.6 Å². The first kappa shape index (κ1) is 20.7. The van der Waals surface area contributed by atoms with E-state index in [-0.39, 0.29) is 11.8 Å². The molecule has 1 atom stereocenters. The molecule has 0 aromatic heterocycles. The molecule has 0 saturated carbocycles. The SMILES string of the molecule is C=CC(=O)NCc1ccc(C(=O)N2CCCC2(C)Cc2ccc(F)c(F)c2)cc1. The summed E-state index contributed by atoms with van der Waals surface area (Å²) < 4.78 is 26.8. The van der Waals surface area contributed by atoms with Crippen molar-refractivity contribution in [3.05, 3.63) is 83.4 Å². The number of benzene rings is 2. The van der Waals surface area contributed by atoms with Crippen LogP contribution in [0.5, 0.6) is 0 Å². The van der Waals surface area contributed by atoms with E-state index in [9.17, 15) is 18.4 Å². The highest BCUT2D eigenvalue weighted by Crippen LogP contribution is 2.34. The molecule has 1 unspecified atom stereocenters. The van der Waals surface area contributed by atoms with Gasteiger partial charge in [0.05, 0.1) is 0 Å². The van der Waals surface area contributed by atoms with Crippen LogP contribution in [0.4, 0.5) is 8.78 Å². The predicted octanol–water partition coefficient (Wildman–Crippen LogP) is 4.00. The summed E-state index contributed by atoms with van der Waals surface area (Å²) in [5, 5.41) is 2.69. The molecule has 1 heterocycles. The number of hydrogen-bond acceptors (Lipinski definition) is 2. The monoisotopic (exact) mass is 398 g/mol. The lowest BCUT2D eigenvalue weighted by atomic mass is 9.89. The van der Waals surface area contributed by atoms with Gasteiger partial charge in [-0.2, -0.15) is 0 Å². The Labute approximate surface area is 169 Å². The smallest absolute Gasteiger partial charge is 0.254 e. The molecule has 0 spiro atoms. The van der Waals surface area contributed by atoms with Crippen LogP contribution in [0.3, 0.4) is 0 Å². The molecule has 1 aliphatic heterocycles. The molecular weight excluding hydrogens is 374 g/mol. The Bertz CT molecular complexity index is 927. The van der Waals surface area contributed by atoms with Crippen molar-refractivity contribution in [1.82, 2.24) is 10.2 Å². The molecule has 29 heavy (non-hydrogen) atoms. The normalized spacial score (nSPS) is 18.5. The fraction of sp³-hybridized carbons (Fsp3) is 0.304. The molecule has 4 nitrogen and oxygen atoms in total. The van der Waals surface area contributed by atoms with Gasteiger partial charge in [-0.05, 0) is 67.7 Å². The van der Waals surface area contributed by atoms with Gasteiger partial charge in [0.1, 0.15) is 0 Å². The Hall–Kier alpha value is -3.02. The van der Waals surface area contributed by atoms with Gasteiger partial charge in [0.15, 0.2) is 11.6 Å². The van der Waals surface area contributed by atoms with E-state index in [0.717, 1.165) is 24.5 Å². The first-order chi connectivity index (χ1) is 13.8. The first-order valence-electron chi connectivity index (χ1n) is 9.57. The van der Waals surface area contributed by atoms with Crippen LogP contribution in [-0.2, 0) is 17.8 Å². The Balaban J connectivity index is 1.72. The molecule has 2 amide bonds. The molecule has 3 rings (SSSR count). The molecule has 0 bridgehead atoms. The van der Waals surface area contributed by atoms with Gasteiger partial charge in [-0.25, -0.2) is 8.78 Å². The molecular formula is C23H24F2N2O2. The molecule has 0 aliphatic carbocycles. The lowest BCUT2D eigenvalue weighted by Crippen LogP contribution is -2.46. The van der Waals surface area contributed by atoms with E-state index >= 15 is 0 Å². The average Bonchev–Trinajstić information content (AvgIpc) is 3.09. The van der Waals surface area contributed by atoms with Crippen LogP contribution in [0.15, 0.2) is 55.1 Å². The largest absolute Gasteiger partial charge is 0.348 e. The number of carbonyl (C=O) groups excluding carboxylic acids is 2. The zero-order valence-corrected chi connectivity index (χ0v) is 16.4. The molecule has 1 aliphatic rings. The Kier molecular flexibility index (Phi) is 6.11.